The quantitative estimate of drug-likeness (QED) is 0.538. The second kappa shape index (κ2) is 8.98. The number of carbonyl (C=O) groups excluding carboxylic acids is 1. The molecule has 1 fully saturated rings. The van der Waals surface area contributed by atoms with Gasteiger partial charge in [0.25, 0.3) is 12.1 Å². The van der Waals surface area contributed by atoms with Gasteiger partial charge in [0.1, 0.15) is 5.69 Å². The number of carbonyl (C=O) groups is 1. The Morgan fingerprint density at radius 2 is 1.82 bits per heavy atom. The summed E-state index contributed by atoms with van der Waals surface area (Å²) in [5.74, 6) is 1.27. The number of esters is 1. The van der Waals surface area contributed by atoms with Crippen LogP contribution in [0, 0.1) is 16.7 Å². The second-order valence-corrected chi connectivity index (χ2v) is 10.4. The van der Waals surface area contributed by atoms with Crippen molar-refractivity contribution in [2.45, 2.75) is 93.3 Å². The number of hydrogen-bond acceptors (Lipinski definition) is 4. The number of ether oxygens (including phenoxy) is 1. The van der Waals surface area contributed by atoms with E-state index in [2.05, 4.69) is 31.1 Å². The highest BCUT2D eigenvalue weighted by Crippen LogP contribution is 2.38. The van der Waals surface area contributed by atoms with E-state index >= 15 is 0 Å². The second-order valence-electron chi connectivity index (χ2n) is 10.0. The van der Waals surface area contributed by atoms with Gasteiger partial charge in [0, 0.05) is 12.5 Å². The van der Waals surface area contributed by atoms with E-state index in [1.54, 1.807) is 6.33 Å². The van der Waals surface area contributed by atoms with Crippen molar-refractivity contribution in [2.75, 3.05) is 5.32 Å². The third kappa shape index (κ3) is 5.82. The molecule has 6 heteroatoms. The predicted molar refractivity (Wildman–Crippen MR) is 113 cm³/mol. The SMILES string of the molecule is CCc1c(Cl)c(NC2CCC(C(C)(C)C)CC2)nc[n+]1COC(=O)C(C)(C)C. The zero-order valence-electron chi connectivity index (χ0n) is 18.6. The molecule has 28 heavy (non-hydrogen) atoms. The molecule has 1 aliphatic carbocycles. The van der Waals surface area contributed by atoms with Crippen molar-refractivity contribution < 1.29 is 14.1 Å². The molecule has 5 nitrogen and oxygen atoms in total. The lowest BCUT2D eigenvalue weighted by molar-refractivity contribution is -0.736. The summed E-state index contributed by atoms with van der Waals surface area (Å²) in [6.07, 6.45) is 7.19. The first-order valence-electron chi connectivity index (χ1n) is 10.4. The summed E-state index contributed by atoms with van der Waals surface area (Å²) in [6.45, 7) is 14.7. The number of anilines is 1. The molecule has 2 rings (SSSR count). The van der Waals surface area contributed by atoms with E-state index in [9.17, 15) is 4.79 Å². The van der Waals surface area contributed by atoms with Crippen molar-refractivity contribution in [3.63, 3.8) is 0 Å². The molecule has 1 aliphatic rings. The Bertz CT molecular complexity index is 684. The number of aromatic nitrogens is 2. The third-order valence-electron chi connectivity index (χ3n) is 5.71. The van der Waals surface area contributed by atoms with Crippen LogP contribution in [-0.4, -0.2) is 17.0 Å². The molecule has 1 aromatic heterocycles. The van der Waals surface area contributed by atoms with Crippen LogP contribution in [-0.2, 0) is 22.7 Å². The minimum absolute atomic E-state index is 0.128. The molecule has 0 spiro atoms. The van der Waals surface area contributed by atoms with Crippen LogP contribution in [0.4, 0.5) is 5.82 Å². The molecule has 1 saturated carbocycles. The van der Waals surface area contributed by atoms with Gasteiger partial charge in [0.15, 0.2) is 5.02 Å². The van der Waals surface area contributed by atoms with Gasteiger partial charge in [-0.1, -0.05) is 39.3 Å². The van der Waals surface area contributed by atoms with E-state index in [1.165, 1.54) is 12.8 Å². The topological polar surface area (TPSA) is 55.1 Å². The molecule has 1 heterocycles. The third-order valence-corrected chi connectivity index (χ3v) is 6.11. The molecule has 0 radical (unpaired) electrons. The highest BCUT2D eigenvalue weighted by molar-refractivity contribution is 6.33. The van der Waals surface area contributed by atoms with Gasteiger partial charge in [-0.05, 0) is 62.8 Å². The Morgan fingerprint density at radius 1 is 1.21 bits per heavy atom. The van der Waals surface area contributed by atoms with Gasteiger partial charge in [0.05, 0.1) is 5.41 Å². The van der Waals surface area contributed by atoms with Crippen molar-refractivity contribution >= 4 is 23.4 Å². The van der Waals surface area contributed by atoms with E-state index in [4.69, 9.17) is 16.3 Å². The number of nitrogens with one attached hydrogen (secondary N) is 1. The molecule has 158 valence electrons. The van der Waals surface area contributed by atoms with Gasteiger partial charge in [-0.25, -0.2) is 0 Å². The van der Waals surface area contributed by atoms with E-state index in [0.29, 0.717) is 16.5 Å². The maximum absolute atomic E-state index is 12.0. The normalized spacial score (nSPS) is 20.7. The number of halogens is 1. The van der Waals surface area contributed by atoms with Crippen molar-refractivity contribution in [1.29, 1.82) is 0 Å². The fourth-order valence-corrected chi connectivity index (χ4v) is 4.07. The largest absolute Gasteiger partial charge is 0.424 e. The fraction of sp³-hybridized carbons (Fsp3) is 0.773. The van der Waals surface area contributed by atoms with Crippen molar-refractivity contribution in [2.24, 2.45) is 16.7 Å². The molecular formula is C22H37ClN3O2+. The zero-order chi connectivity index (χ0) is 21.1. The van der Waals surface area contributed by atoms with Crippen molar-refractivity contribution in [1.82, 2.24) is 4.98 Å². The number of rotatable bonds is 5. The van der Waals surface area contributed by atoms with Crippen LogP contribution in [0.2, 0.25) is 5.02 Å². The first-order chi connectivity index (χ1) is 12.9. The standard InChI is InChI=1S/C22H36ClN3O2/c1-8-17-18(23)19(24-13-26(17)14-28-20(27)22(5,6)7)25-16-11-9-15(10-12-16)21(2,3)4/h13,15-16H,8-12,14H2,1-7H3/p+1. The van der Waals surface area contributed by atoms with E-state index in [-0.39, 0.29) is 12.7 Å². The summed E-state index contributed by atoms with van der Waals surface area (Å²) >= 11 is 6.65. The van der Waals surface area contributed by atoms with Crippen LogP contribution < -0.4 is 9.88 Å². The monoisotopic (exact) mass is 410 g/mol. The van der Waals surface area contributed by atoms with Crippen LogP contribution >= 0.6 is 11.6 Å². The minimum Gasteiger partial charge on any atom is -0.424 e. The average Bonchev–Trinajstić information content (AvgIpc) is 2.60. The highest BCUT2D eigenvalue weighted by Gasteiger charge is 2.31. The lowest BCUT2D eigenvalue weighted by atomic mass is 9.71. The van der Waals surface area contributed by atoms with Crippen LogP contribution in [0.5, 0.6) is 0 Å². The summed E-state index contributed by atoms with van der Waals surface area (Å²) in [5, 5.41) is 4.17. The van der Waals surface area contributed by atoms with Gasteiger partial charge >= 0.3 is 5.97 Å². The Morgan fingerprint density at radius 3 is 2.32 bits per heavy atom. The summed E-state index contributed by atoms with van der Waals surface area (Å²) in [4.78, 5) is 16.6. The van der Waals surface area contributed by atoms with E-state index in [0.717, 1.165) is 36.7 Å². The van der Waals surface area contributed by atoms with Gasteiger partial charge < -0.3 is 10.1 Å². The van der Waals surface area contributed by atoms with Gasteiger partial charge in [-0.3, -0.25) is 4.79 Å². The maximum Gasteiger partial charge on any atom is 0.314 e. The van der Waals surface area contributed by atoms with Crippen LogP contribution in [0.3, 0.4) is 0 Å². The number of nitrogens with zero attached hydrogens (tertiary/aromatic N) is 2. The molecular weight excluding hydrogens is 374 g/mol. The molecule has 0 atom stereocenters. The molecule has 1 N–H and O–H groups in total. The predicted octanol–water partition coefficient (Wildman–Crippen LogP) is 5.15. The number of hydrogen-bond donors (Lipinski definition) is 1. The summed E-state index contributed by atoms with van der Waals surface area (Å²) in [5.41, 5.74) is 0.764. The highest BCUT2D eigenvalue weighted by atomic mass is 35.5. The van der Waals surface area contributed by atoms with Crippen molar-refractivity contribution in [3.05, 3.63) is 17.0 Å². The molecule has 0 aromatic carbocycles. The minimum atomic E-state index is -0.530. The Hall–Kier alpha value is -1.36. The Kier molecular flexibility index (Phi) is 7.35. The smallest absolute Gasteiger partial charge is 0.314 e. The van der Waals surface area contributed by atoms with Gasteiger partial charge in [-0.15, -0.1) is 0 Å². The lowest BCUT2D eigenvalue weighted by Gasteiger charge is -2.37. The maximum atomic E-state index is 12.0. The summed E-state index contributed by atoms with van der Waals surface area (Å²) < 4.78 is 7.24. The van der Waals surface area contributed by atoms with E-state index in [1.807, 2.05) is 32.3 Å². The summed E-state index contributed by atoms with van der Waals surface area (Å²) in [6, 6.07) is 0.405. The molecule has 0 unspecified atom stereocenters. The first-order valence-corrected chi connectivity index (χ1v) is 10.8. The van der Waals surface area contributed by atoms with Crippen LogP contribution in [0.25, 0.3) is 0 Å². The van der Waals surface area contributed by atoms with Crippen molar-refractivity contribution in [3.8, 4) is 0 Å². The fourth-order valence-electron chi connectivity index (χ4n) is 3.73. The molecule has 0 bridgehead atoms. The molecule has 0 saturated heterocycles. The van der Waals surface area contributed by atoms with E-state index < -0.39 is 5.41 Å². The lowest BCUT2D eigenvalue weighted by Crippen LogP contribution is -2.43. The van der Waals surface area contributed by atoms with Gasteiger partial charge in [0.2, 0.25) is 6.73 Å². The Labute approximate surface area is 175 Å². The average molecular weight is 411 g/mol. The van der Waals surface area contributed by atoms with Crippen LogP contribution in [0.15, 0.2) is 6.33 Å². The molecule has 1 aromatic rings. The van der Waals surface area contributed by atoms with Gasteiger partial charge in [-0.2, -0.15) is 4.57 Å². The molecule has 0 aliphatic heterocycles. The molecule has 0 amide bonds. The zero-order valence-corrected chi connectivity index (χ0v) is 19.3. The van der Waals surface area contributed by atoms with Crippen LogP contribution in [0.1, 0.15) is 79.8 Å². The Balaban J connectivity index is 2.04. The first kappa shape index (κ1) is 22.9. The summed E-state index contributed by atoms with van der Waals surface area (Å²) in [7, 11) is 0.